The van der Waals surface area contributed by atoms with E-state index in [1.807, 2.05) is 102 Å². The summed E-state index contributed by atoms with van der Waals surface area (Å²) in [6.45, 7) is 0. The molecule has 0 radical (unpaired) electrons. The molecule has 6 rings (SSSR count). The Hall–Kier alpha value is -4.98. The van der Waals surface area contributed by atoms with Gasteiger partial charge in [0, 0.05) is 27.6 Å². The highest BCUT2D eigenvalue weighted by Crippen LogP contribution is 2.37. The molecule has 0 saturated carbocycles. The van der Waals surface area contributed by atoms with Gasteiger partial charge in [-0.2, -0.15) is 0 Å². The van der Waals surface area contributed by atoms with Crippen LogP contribution < -0.4 is 10.6 Å². The first-order chi connectivity index (χ1) is 21.1. The third kappa shape index (κ3) is 7.27. The first-order valence-electron chi connectivity index (χ1n) is 13.7. The van der Waals surface area contributed by atoms with Crippen LogP contribution in [0.25, 0.3) is 28.1 Å². The van der Waals surface area contributed by atoms with Gasteiger partial charge in [0.15, 0.2) is 5.13 Å². The maximum atomic E-state index is 13.6. The van der Waals surface area contributed by atoms with Gasteiger partial charge >= 0.3 is 0 Å². The average molecular weight is 598 g/mol. The first-order valence-corrected chi connectivity index (χ1v) is 15.5. The van der Waals surface area contributed by atoms with Crippen molar-refractivity contribution >= 4 is 62.6 Å². The number of aromatic nitrogens is 1. The monoisotopic (exact) mass is 597 g/mol. The Morgan fingerprint density at radius 2 is 1.44 bits per heavy atom. The summed E-state index contributed by atoms with van der Waals surface area (Å²) in [5.41, 5.74) is 4.35. The number of anilines is 2. The van der Waals surface area contributed by atoms with Crippen molar-refractivity contribution in [2.24, 2.45) is 0 Å². The first kappa shape index (κ1) is 28.2. The summed E-state index contributed by atoms with van der Waals surface area (Å²) >= 11 is 2.86. The van der Waals surface area contributed by atoms with Crippen LogP contribution in [0.5, 0.6) is 0 Å². The van der Waals surface area contributed by atoms with Crippen molar-refractivity contribution in [3.8, 4) is 11.3 Å². The molecule has 2 N–H and O–H groups in total. The molecule has 5 nitrogen and oxygen atoms in total. The van der Waals surface area contributed by atoms with Gasteiger partial charge < -0.3 is 10.6 Å². The molecule has 6 aromatic rings. The highest BCUT2D eigenvalue weighted by Gasteiger charge is 2.23. The molecule has 0 bridgehead atoms. The molecule has 5 aromatic carbocycles. The minimum atomic E-state index is -0.497. The SMILES string of the molecule is O=C(/C=C/c1ccccc1)Nc1ccc(SC(C(=O)Nc2nc(-c3ccc4ccccc4c3)cs2)c2ccccc2)cc1. The number of thiazole rings is 1. The Morgan fingerprint density at radius 3 is 2.21 bits per heavy atom. The van der Waals surface area contributed by atoms with Crippen LogP contribution in [-0.2, 0) is 9.59 Å². The molecule has 1 heterocycles. The lowest BCUT2D eigenvalue weighted by Gasteiger charge is -2.16. The van der Waals surface area contributed by atoms with Crippen LogP contribution in [0.4, 0.5) is 10.8 Å². The van der Waals surface area contributed by atoms with E-state index in [2.05, 4.69) is 41.0 Å². The summed E-state index contributed by atoms with van der Waals surface area (Å²) in [4.78, 5) is 31.6. The summed E-state index contributed by atoms with van der Waals surface area (Å²) in [5.74, 6) is -0.364. The van der Waals surface area contributed by atoms with Gasteiger partial charge in [-0.1, -0.05) is 97.1 Å². The van der Waals surface area contributed by atoms with Crippen molar-refractivity contribution < 1.29 is 9.59 Å². The number of amides is 2. The lowest BCUT2D eigenvalue weighted by atomic mass is 10.1. The van der Waals surface area contributed by atoms with Crippen LogP contribution in [0.2, 0.25) is 0 Å². The normalized spacial score (nSPS) is 11.8. The van der Waals surface area contributed by atoms with Crippen LogP contribution in [0, 0.1) is 0 Å². The summed E-state index contributed by atoms with van der Waals surface area (Å²) < 4.78 is 0. The summed E-state index contributed by atoms with van der Waals surface area (Å²) in [7, 11) is 0. The Kier molecular flexibility index (Phi) is 8.73. The Balaban J connectivity index is 1.14. The molecule has 43 heavy (non-hydrogen) atoms. The number of carbonyl (C=O) groups excluding carboxylic acids is 2. The van der Waals surface area contributed by atoms with Crippen LogP contribution in [0.1, 0.15) is 16.4 Å². The highest BCUT2D eigenvalue weighted by atomic mass is 32.2. The second-order valence-electron chi connectivity index (χ2n) is 9.76. The maximum absolute atomic E-state index is 13.6. The van der Waals surface area contributed by atoms with E-state index in [-0.39, 0.29) is 11.8 Å². The van der Waals surface area contributed by atoms with Crippen LogP contribution >= 0.6 is 23.1 Å². The lowest BCUT2D eigenvalue weighted by molar-refractivity contribution is -0.116. The Bertz CT molecular complexity index is 1890. The highest BCUT2D eigenvalue weighted by molar-refractivity contribution is 8.00. The van der Waals surface area contributed by atoms with E-state index in [9.17, 15) is 9.59 Å². The Morgan fingerprint density at radius 1 is 0.744 bits per heavy atom. The van der Waals surface area contributed by atoms with E-state index in [1.54, 1.807) is 6.08 Å². The second-order valence-corrected chi connectivity index (χ2v) is 11.8. The molecule has 7 heteroatoms. The number of nitrogens with zero attached hydrogens (tertiary/aromatic N) is 1. The molecule has 1 unspecified atom stereocenters. The maximum Gasteiger partial charge on any atom is 0.248 e. The summed E-state index contributed by atoms with van der Waals surface area (Å²) in [5, 5.41) is 10.3. The van der Waals surface area contributed by atoms with Gasteiger partial charge in [-0.05, 0) is 58.3 Å². The van der Waals surface area contributed by atoms with E-state index < -0.39 is 5.25 Å². The number of hydrogen-bond donors (Lipinski definition) is 2. The standard InChI is InChI=1S/C36H27N3O2S2/c40-33(22-15-25-9-3-1-4-10-25)37-30-18-20-31(21-19-30)43-34(27-12-5-2-6-13-27)35(41)39-36-38-32(24-42-36)29-17-16-26-11-7-8-14-28(26)23-29/h1-24,34H,(H,37,40)(H,38,39,41)/b22-15+. The second kappa shape index (κ2) is 13.3. The number of hydrogen-bond acceptors (Lipinski definition) is 5. The van der Waals surface area contributed by atoms with Gasteiger partial charge in [-0.3, -0.25) is 9.59 Å². The number of benzene rings is 5. The van der Waals surface area contributed by atoms with Crippen LogP contribution in [0.3, 0.4) is 0 Å². The molecule has 1 aromatic heterocycles. The van der Waals surface area contributed by atoms with Gasteiger partial charge in [0.1, 0.15) is 5.25 Å². The minimum absolute atomic E-state index is 0.154. The van der Waals surface area contributed by atoms with Crippen molar-refractivity contribution in [1.29, 1.82) is 0 Å². The van der Waals surface area contributed by atoms with E-state index >= 15 is 0 Å². The minimum Gasteiger partial charge on any atom is -0.323 e. The smallest absolute Gasteiger partial charge is 0.248 e. The van der Waals surface area contributed by atoms with Gasteiger partial charge in [0.05, 0.1) is 5.69 Å². The molecule has 0 saturated heterocycles. The third-order valence-electron chi connectivity index (χ3n) is 6.72. The topological polar surface area (TPSA) is 71.1 Å². The number of thioether (sulfide) groups is 1. The molecular weight excluding hydrogens is 571 g/mol. The molecule has 0 aliphatic rings. The number of nitrogens with one attached hydrogen (secondary N) is 2. The molecule has 0 aliphatic heterocycles. The molecule has 0 fully saturated rings. The fraction of sp³-hybridized carbons (Fsp3) is 0.0278. The van der Waals surface area contributed by atoms with E-state index in [0.717, 1.165) is 32.7 Å². The van der Waals surface area contributed by atoms with Crippen molar-refractivity contribution in [2.75, 3.05) is 10.6 Å². The Labute approximate surface area is 258 Å². The molecular formula is C36H27N3O2S2. The van der Waals surface area contributed by atoms with Gasteiger partial charge in [0.25, 0.3) is 0 Å². The van der Waals surface area contributed by atoms with Crippen LogP contribution in [0.15, 0.2) is 144 Å². The van der Waals surface area contributed by atoms with Crippen molar-refractivity contribution in [2.45, 2.75) is 10.1 Å². The van der Waals surface area contributed by atoms with Gasteiger partial charge in [-0.15, -0.1) is 23.1 Å². The molecule has 1 atom stereocenters. The zero-order valence-electron chi connectivity index (χ0n) is 23.0. The van der Waals surface area contributed by atoms with E-state index in [0.29, 0.717) is 10.8 Å². The molecule has 0 spiro atoms. The average Bonchev–Trinajstić information content (AvgIpc) is 3.52. The zero-order chi connectivity index (χ0) is 29.4. The lowest BCUT2D eigenvalue weighted by Crippen LogP contribution is -2.19. The molecule has 2 amide bonds. The van der Waals surface area contributed by atoms with Gasteiger partial charge in [-0.25, -0.2) is 4.98 Å². The number of carbonyl (C=O) groups is 2. The molecule has 210 valence electrons. The summed E-state index contributed by atoms with van der Waals surface area (Å²) in [6.07, 6.45) is 3.29. The quantitative estimate of drug-likeness (QED) is 0.129. The number of rotatable bonds is 9. The fourth-order valence-electron chi connectivity index (χ4n) is 4.56. The number of fused-ring (bicyclic) bond motifs is 1. The van der Waals surface area contributed by atoms with E-state index in [4.69, 9.17) is 4.98 Å². The predicted molar refractivity (Wildman–Crippen MR) is 179 cm³/mol. The van der Waals surface area contributed by atoms with Crippen molar-refractivity contribution in [1.82, 2.24) is 4.98 Å². The zero-order valence-corrected chi connectivity index (χ0v) is 24.6. The fourth-order valence-corrected chi connectivity index (χ4v) is 6.30. The third-order valence-corrected chi connectivity index (χ3v) is 8.75. The van der Waals surface area contributed by atoms with Crippen molar-refractivity contribution in [3.63, 3.8) is 0 Å². The van der Waals surface area contributed by atoms with Crippen LogP contribution in [-0.4, -0.2) is 16.8 Å². The summed E-state index contributed by atoms with van der Waals surface area (Å²) in [6, 6.07) is 41.3. The van der Waals surface area contributed by atoms with Gasteiger partial charge in [0.2, 0.25) is 11.8 Å². The molecule has 0 aliphatic carbocycles. The van der Waals surface area contributed by atoms with Crippen molar-refractivity contribution in [3.05, 3.63) is 150 Å². The van der Waals surface area contributed by atoms with E-state index in [1.165, 1.54) is 34.6 Å². The largest absolute Gasteiger partial charge is 0.323 e. The predicted octanol–water partition coefficient (Wildman–Crippen LogP) is 9.09.